The van der Waals surface area contributed by atoms with E-state index in [1.807, 2.05) is 6.92 Å². The lowest BCUT2D eigenvalue weighted by Gasteiger charge is -2.33. The minimum atomic E-state index is -0.949. The van der Waals surface area contributed by atoms with Crippen LogP contribution in [0.4, 0.5) is 0 Å². The molecule has 0 radical (unpaired) electrons. The second-order valence-electron chi connectivity index (χ2n) is 5.13. The third-order valence-corrected chi connectivity index (χ3v) is 3.44. The number of rotatable bonds is 5. The summed E-state index contributed by atoms with van der Waals surface area (Å²) < 4.78 is 5.16. The summed E-state index contributed by atoms with van der Waals surface area (Å²) in [5.74, 6) is -1.84. The molecule has 0 aliphatic carbocycles. The fourth-order valence-electron chi connectivity index (χ4n) is 2.34. The molecule has 1 rings (SSSR count). The molecule has 1 saturated heterocycles. The van der Waals surface area contributed by atoms with Crippen molar-refractivity contribution in [3.05, 3.63) is 0 Å². The SMILES string of the molecule is CCCC(C)(N)C(=O)N(C)C1COCC1C(=O)O. The molecule has 18 heavy (non-hydrogen) atoms. The fourth-order valence-corrected chi connectivity index (χ4v) is 2.34. The molecule has 1 heterocycles. The van der Waals surface area contributed by atoms with Crippen molar-refractivity contribution >= 4 is 11.9 Å². The van der Waals surface area contributed by atoms with E-state index >= 15 is 0 Å². The van der Waals surface area contributed by atoms with E-state index in [1.165, 1.54) is 4.90 Å². The molecule has 0 saturated carbocycles. The van der Waals surface area contributed by atoms with Crippen molar-refractivity contribution < 1.29 is 19.4 Å². The Morgan fingerprint density at radius 2 is 2.11 bits per heavy atom. The van der Waals surface area contributed by atoms with Crippen LogP contribution in [0.1, 0.15) is 26.7 Å². The molecule has 1 amide bonds. The Kier molecular flexibility index (Phi) is 4.70. The van der Waals surface area contributed by atoms with Crippen LogP contribution in [0.25, 0.3) is 0 Å². The number of carbonyl (C=O) groups is 2. The number of hydrogen-bond donors (Lipinski definition) is 2. The second kappa shape index (κ2) is 5.67. The summed E-state index contributed by atoms with van der Waals surface area (Å²) in [5.41, 5.74) is 5.03. The van der Waals surface area contributed by atoms with Crippen LogP contribution in [0.2, 0.25) is 0 Å². The molecule has 0 aromatic carbocycles. The Morgan fingerprint density at radius 1 is 1.50 bits per heavy atom. The van der Waals surface area contributed by atoms with Crippen molar-refractivity contribution in [3.63, 3.8) is 0 Å². The number of amides is 1. The first-order valence-corrected chi connectivity index (χ1v) is 6.18. The van der Waals surface area contributed by atoms with Crippen LogP contribution in [0.5, 0.6) is 0 Å². The highest BCUT2D eigenvalue weighted by Gasteiger charge is 2.41. The Morgan fingerprint density at radius 3 is 2.61 bits per heavy atom. The van der Waals surface area contributed by atoms with Crippen LogP contribution >= 0.6 is 0 Å². The predicted molar refractivity (Wildman–Crippen MR) is 66.0 cm³/mol. The van der Waals surface area contributed by atoms with Gasteiger partial charge in [0.2, 0.25) is 5.91 Å². The highest BCUT2D eigenvalue weighted by atomic mass is 16.5. The van der Waals surface area contributed by atoms with Gasteiger partial charge in [0.25, 0.3) is 0 Å². The topological polar surface area (TPSA) is 92.9 Å². The van der Waals surface area contributed by atoms with Gasteiger partial charge in [0, 0.05) is 7.05 Å². The third-order valence-electron chi connectivity index (χ3n) is 3.44. The van der Waals surface area contributed by atoms with E-state index in [0.29, 0.717) is 6.42 Å². The molecule has 0 spiro atoms. The van der Waals surface area contributed by atoms with Crippen molar-refractivity contribution in [3.8, 4) is 0 Å². The Hall–Kier alpha value is -1.14. The number of carbonyl (C=O) groups excluding carboxylic acids is 1. The Balaban J connectivity index is 2.77. The first kappa shape index (κ1) is 14.9. The molecule has 0 aromatic rings. The minimum Gasteiger partial charge on any atom is -0.481 e. The Labute approximate surface area is 107 Å². The summed E-state index contributed by atoms with van der Waals surface area (Å²) in [7, 11) is 1.60. The van der Waals surface area contributed by atoms with Crippen LogP contribution in [0, 0.1) is 5.92 Å². The van der Waals surface area contributed by atoms with Gasteiger partial charge in [0.05, 0.1) is 24.8 Å². The number of aliphatic carboxylic acids is 1. The summed E-state index contributed by atoms with van der Waals surface area (Å²) in [4.78, 5) is 24.8. The van der Waals surface area contributed by atoms with Crippen LogP contribution in [0.3, 0.4) is 0 Å². The largest absolute Gasteiger partial charge is 0.481 e. The fraction of sp³-hybridized carbons (Fsp3) is 0.833. The molecule has 1 fully saturated rings. The second-order valence-corrected chi connectivity index (χ2v) is 5.13. The zero-order chi connectivity index (χ0) is 13.9. The van der Waals surface area contributed by atoms with Gasteiger partial charge in [-0.15, -0.1) is 0 Å². The van der Waals surface area contributed by atoms with Crippen molar-refractivity contribution in [1.82, 2.24) is 4.90 Å². The maximum atomic E-state index is 12.3. The van der Waals surface area contributed by atoms with Gasteiger partial charge in [0.15, 0.2) is 0 Å². The molecule has 3 N–H and O–H groups in total. The molecule has 1 aliphatic rings. The summed E-state index contributed by atoms with van der Waals surface area (Å²) >= 11 is 0. The smallest absolute Gasteiger partial charge is 0.311 e. The molecule has 3 unspecified atom stereocenters. The first-order valence-electron chi connectivity index (χ1n) is 6.18. The van der Waals surface area contributed by atoms with E-state index in [1.54, 1.807) is 14.0 Å². The van der Waals surface area contributed by atoms with E-state index < -0.39 is 23.5 Å². The molecule has 3 atom stereocenters. The van der Waals surface area contributed by atoms with Gasteiger partial charge < -0.3 is 20.5 Å². The molecule has 0 bridgehead atoms. The van der Waals surface area contributed by atoms with Gasteiger partial charge in [-0.1, -0.05) is 13.3 Å². The summed E-state index contributed by atoms with van der Waals surface area (Å²) in [6.45, 7) is 4.03. The van der Waals surface area contributed by atoms with Crippen LogP contribution in [-0.2, 0) is 14.3 Å². The van der Waals surface area contributed by atoms with Crippen LogP contribution in [0.15, 0.2) is 0 Å². The average molecular weight is 258 g/mol. The van der Waals surface area contributed by atoms with Gasteiger partial charge in [-0.05, 0) is 13.3 Å². The number of carboxylic acid groups (broad SMARTS) is 1. The van der Waals surface area contributed by atoms with Gasteiger partial charge in [-0.25, -0.2) is 0 Å². The van der Waals surface area contributed by atoms with Crippen molar-refractivity contribution in [2.75, 3.05) is 20.3 Å². The van der Waals surface area contributed by atoms with Crippen molar-refractivity contribution in [2.24, 2.45) is 11.7 Å². The van der Waals surface area contributed by atoms with E-state index in [-0.39, 0.29) is 19.1 Å². The number of carboxylic acids is 1. The van der Waals surface area contributed by atoms with Crippen LogP contribution in [-0.4, -0.2) is 53.7 Å². The Bertz CT molecular complexity index is 330. The van der Waals surface area contributed by atoms with E-state index in [4.69, 9.17) is 15.6 Å². The number of nitrogens with zero attached hydrogens (tertiary/aromatic N) is 1. The normalized spacial score (nSPS) is 26.7. The molecule has 104 valence electrons. The highest BCUT2D eigenvalue weighted by molar-refractivity contribution is 5.86. The summed E-state index contributed by atoms with van der Waals surface area (Å²) in [6, 6.07) is -0.435. The van der Waals surface area contributed by atoms with Gasteiger partial charge in [0.1, 0.15) is 5.92 Å². The summed E-state index contributed by atoms with van der Waals surface area (Å²) in [6.07, 6.45) is 1.37. The lowest BCUT2D eigenvalue weighted by atomic mass is 9.93. The van der Waals surface area contributed by atoms with Gasteiger partial charge in [-0.3, -0.25) is 9.59 Å². The molecule has 1 aliphatic heterocycles. The number of likely N-dealkylation sites (N-methyl/N-ethyl adjacent to an activating group) is 1. The predicted octanol–water partition coefficient (Wildman–Crippen LogP) is 0.0619. The van der Waals surface area contributed by atoms with E-state index in [2.05, 4.69) is 0 Å². The number of hydrogen-bond acceptors (Lipinski definition) is 4. The van der Waals surface area contributed by atoms with Crippen molar-refractivity contribution in [2.45, 2.75) is 38.3 Å². The highest BCUT2D eigenvalue weighted by Crippen LogP contribution is 2.22. The third kappa shape index (κ3) is 3.00. The maximum absolute atomic E-state index is 12.3. The van der Waals surface area contributed by atoms with Crippen molar-refractivity contribution in [1.29, 1.82) is 0 Å². The summed E-state index contributed by atoms with van der Waals surface area (Å²) in [5, 5.41) is 9.07. The van der Waals surface area contributed by atoms with E-state index in [0.717, 1.165) is 6.42 Å². The van der Waals surface area contributed by atoms with Gasteiger partial charge in [-0.2, -0.15) is 0 Å². The first-order chi connectivity index (χ1) is 8.31. The lowest BCUT2D eigenvalue weighted by Crippen LogP contribution is -2.56. The minimum absolute atomic E-state index is 0.146. The quantitative estimate of drug-likeness (QED) is 0.727. The monoisotopic (exact) mass is 258 g/mol. The number of ether oxygens (including phenoxy) is 1. The molecule has 0 aromatic heterocycles. The molecular weight excluding hydrogens is 236 g/mol. The zero-order valence-electron chi connectivity index (χ0n) is 11.2. The standard InChI is InChI=1S/C12H22N2O4/c1-4-5-12(2,13)11(17)14(3)9-7-18-6-8(9)10(15)16/h8-9H,4-7,13H2,1-3H3,(H,15,16). The number of nitrogens with two attached hydrogens (primary N) is 1. The average Bonchev–Trinajstić information content (AvgIpc) is 2.75. The molecule has 6 nitrogen and oxygen atoms in total. The lowest BCUT2D eigenvalue weighted by molar-refractivity contribution is -0.145. The van der Waals surface area contributed by atoms with Crippen LogP contribution < -0.4 is 5.73 Å². The molecule has 6 heteroatoms. The van der Waals surface area contributed by atoms with Gasteiger partial charge >= 0.3 is 5.97 Å². The maximum Gasteiger partial charge on any atom is 0.311 e. The molecular formula is C12H22N2O4. The van der Waals surface area contributed by atoms with E-state index in [9.17, 15) is 9.59 Å². The zero-order valence-corrected chi connectivity index (χ0v) is 11.2.